The summed E-state index contributed by atoms with van der Waals surface area (Å²) in [4.78, 5) is 0. The average Bonchev–Trinajstić information content (AvgIpc) is 1.94. The first-order valence-corrected chi connectivity index (χ1v) is 5.31. The molecule has 0 saturated heterocycles. The first kappa shape index (κ1) is 8.34. The molecule has 0 heterocycles. The maximum absolute atomic E-state index is 12.6. The van der Waals surface area contributed by atoms with Gasteiger partial charge in [-0.1, -0.05) is 0 Å². The quantitative estimate of drug-likeness (QED) is 0.561. The first-order chi connectivity index (χ1) is 4.74. The summed E-state index contributed by atoms with van der Waals surface area (Å²) >= 11 is 0.825. The number of hydrogen-bond acceptors (Lipinski definition) is 1. The molecule has 4 heteroatoms. The summed E-state index contributed by atoms with van der Waals surface area (Å²) in [7, 11) is 0. The third-order valence-electron chi connectivity index (χ3n) is 1.01. The van der Waals surface area contributed by atoms with Gasteiger partial charge in [-0.3, -0.25) is 0 Å². The normalized spacial score (nSPS) is 10.2. The van der Waals surface area contributed by atoms with Crippen LogP contribution in [0, 0.1) is 9.39 Å². The van der Waals surface area contributed by atoms with Crippen molar-refractivity contribution in [2.24, 2.45) is 0 Å². The molecule has 0 aliphatic rings. The minimum atomic E-state index is -1.23. The van der Waals surface area contributed by atoms with E-state index in [-0.39, 0.29) is 5.82 Å². The van der Waals surface area contributed by atoms with Gasteiger partial charge in [-0.25, -0.2) is 0 Å². The first-order valence-electron chi connectivity index (χ1n) is 2.52. The van der Waals surface area contributed by atoms with E-state index < -0.39 is 15.7 Å². The molecular weight excluding hydrogens is 309 g/mol. The van der Waals surface area contributed by atoms with Gasteiger partial charge in [-0.05, 0) is 0 Å². The monoisotopic (exact) mass is 312 g/mol. The molecule has 0 bridgehead atoms. The van der Waals surface area contributed by atoms with Gasteiger partial charge in [0.15, 0.2) is 0 Å². The summed E-state index contributed by atoms with van der Waals surface area (Å²) in [6.07, 6.45) is 0. The van der Waals surface area contributed by atoms with Crippen LogP contribution in [0.4, 0.5) is 4.39 Å². The molecule has 0 unspecified atom stereocenters. The predicted octanol–water partition coefficient (Wildman–Crippen LogP) is 1.11. The third-order valence-corrected chi connectivity index (χ3v) is 2.81. The molecule has 0 spiro atoms. The van der Waals surface area contributed by atoms with Crippen LogP contribution in [-0.4, -0.2) is 15.7 Å². The van der Waals surface area contributed by atoms with Gasteiger partial charge in [-0.15, -0.1) is 0 Å². The van der Waals surface area contributed by atoms with E-state index in [1.165, 1.54) is 6.07 Å². The van der Waals surface area contributed by atoms with Crippen LogP contribution in [0.5, 0.6) is 0 Å². The fourth-order valence-corrected chi connectivity index (χ4v) is 2.32. The predicted molar refractivity (Wildman–Crippen MR) is 45.2 cm³/mol. The van der Waals surface area contributed by atoms with Gasteiger partial charge in [0.1, 0.15) is 0 Å². The standard InChI is InChI=1S/C6H3AsFIO/c8-6-2-1-4(9)3-5(6)7-10/h1-3H. The van der Waals surface area contributed by atoms with Crippen molar-refractivity contribution in [2.45, 2.75) is 0 Å². The van der Waals surface area contributed by atoms with E-state index in [0.717, 1.165) is 3.57 Å². The molecule has 0 radical (unpaired) electrons. The Kier molecular flexibility index (Phi) is 2.98. The second kappa shape index (κ2) is 3.58. The van der Waals surface area contributed by atoms with Crippen molar-refractivity contribution >= 4 is 42.6 Å². The van der Waals surface area contributed by atoms with Crippen LogP contribution in [0.1, 0.15) is 0 Å². The summed E-state index contributed by atoms with van der Waals surface area (Å²) in [5, 5.41) is 0. The SMILES string of the molecule is O=[As]c1cc(I)ccc1F. The van der Waals surface area contributed by atoms with E-state index >= 15 is 0 Å². The van der Waals surface area contributed by atoms with Gasteiger partial charge in [-0.2, -0.15) is 0 Å². The Balaban J connectivity index is 3.21. The molecule has 1 nitrogen and oxygen atoms in total. The average molecular weight is 312 g/mol. The summed E-state index contributed by atoms with van der Waals surface area (Å²) in [6.45, 7) is 0. The Labute approximate surface area is 78.1 Å². The molecule has 1 rings (SSSR count). The number of halogens is 2. The van der Waals surface area contributed by atoms with Gasteiger partial charge < -0.3 is 0 Å². The van der Waals surface area contributed by atoms with Crippen molar-refractivity contribution in [1.29, 1.82) is 0 Å². The Bertz CT molecular complexity index is 264. The van der Waals surface area contributed by atoms with E-state index in [0.29, 0.717) is 4.35 Å². The molecule has 1 aromatic rings. The van der Waals surface area contributed by atoms with Crippen LogP contribution in [-0.2, 0) is 3.74 Å². The fraction of sp³-hybridized carbons (Fsp3) is 0. The van der Waals surface area contributed by atoms with Gasteiger partial charge in [0.2, 0.25) is 0 Å². The molecule has 1 aromatic carbocycles. The molecule has 0 aliphatic carbocycles. The van der Waals surface area contributed by atoms with Crippen molar-refractivity contribution < 1.29 is 8.13 Å². The number of rotatable bonds is 1. The van der Waals surface area contributed by atoms with Crippen LogP contribution in [0.2, 0.25) is 0 Å². The van der Waals surface area contributed by atoms with Gasteiger partial charge >= 0.3 is 78.3 Å². The molecule has 0 fully saturated rings. The molecule has 0 saturated carbocycles. The van der Waals surface area contributed by atoms with Gasteiger partial charge in [0.05, 0.1) is 0 Å². The molecule has 0 N–H and O–H groups in total. The topological polar surface area (TPSA) is 17.1 Å². The van der Waals surface area contributed by atoms with Crippen LogP contribution in [0.3, 0.4) is 0 Å². The zero-order chi connectivity index (χ0) is 7.56. The molecular formula is C6H3AsFIO. The van der Waals surface area contributed by atoms with Crippen molar-refractivity contribution in [3.63, 3.8) is 0 Å². The maximum atomic E-state index is 12.6. The van der Waals surface area contributed by atoms with Crippen molar-refractivity contribution in [1.82, 2.24) is 0 Å². The van der Waals surface area contributed by atoms with E-state index in [1.807, 2.05) is 0 Å². The fourth-order valence-electron chi connectivity index (χ4n) is 0.556. The van der Waals surface area contributed by atoms with Crippen LogP contribution in [0.15, 0.2) is 18.2 Å². The Morgan fingerprint density at radius 3 is 2.70 bits per heavy atom. The summed E-state index contributed by atoms with van der Waals surface area (Å²) in [5.74, 6) is -0.365. The summed E-state index contributed by atoms with van der Waals surface area (Å²) < 4.78 is 24.2. The van der Waals surface area contributed by atoms with Crippen molar-refractivity contribution in [3.05, 3.63) is 27.6 Å². The zero-order valence-corrected chi connectivity index (χ0v) is 8.88. The number of benzene rings is 1. The summed E-state index contributed by atoms with van der Waals surface area (Å²) in [5.41, 5.74) is 0. The van der Waals surface area contributed by atoms with Gasteiger partial charge in [0.25, 0.3) is 0 Å². The molecule has 10 heavy (non-hydrogen) atoms. The molecule has 0 amide bonds. The Hall–Kier alpha value is 0.238. The van der Waals surface area contributed by atoms with E-state index in [4.69, 9.17) is 0 Å². The van der Waals surface area contributed by atoms with Crippen LogP contribution >= 0.6 is 22.6 Å². The van der Waals surface area contributed by atoms with E-state index in [2.05, 4.69) is 22.6 Å². The molecule has 0 aromatic heterocycles. The van der Waals surface area contributed by atoms with Crippen molar-refractivity contribution in [2.75, 3.05) is 0 Å². The van der Waals surface area contributed by atoms with E-state index in [9.17, 15) is 8.13 Å². The van der Waals surface area contributed by atoms with Crippen LogP contribution in [0.25, 0.3) is 0 Å². The number of hydrogen-bond donors (Lipinski definition) is 0. The van der Waals surface area contributed by atoms with Crippen molar-refractivity contribution in [3.8, 4) is 0 Å². The Morgan fingerprint density at radius 2 is 2.20 bits per heavy atom. The van der Waals surface area contributed by atoms with Gasteiger partial charge in [0, 0.05) is 0 Å². The second-order valence-corrected chi connectivity index (χ2v) is 4.33. The molecule has 0 aliphatic heterocycles. The minimum absolute atomic E-state index is 0.336. The molecule has 0 atom stereocenters. The third kappa shape index (κ3) is 1.86. The zero-order valence-electron chi connectivity index (χ0n) is 4.84. The summed E-state index contributed by atoms with van der Waals surface area (Å²) in [6, 6.07) is 4.59. The molecule has 52 valence electrons. The van der Waals surface area contributed by atoms with Crippen LogP contribution < -0.4 is 4.35 Å². The Morgan fingerprint density at radius 1 is 1.50 bits per heavy atom. The second-order valence-electron chi connectivity index (χ2n) is 1.69. The van der Waals surface area contributed by atoms with E-state index in [1.54, 1.807) is 12.1 Å².